The molecule has 2 aliphatic rings. The molecule has 0 aromatic heterocycles. The summed E-state index contributed by atoms with van der Waals surface area (Å²) < 4.78 is 5.53. The van der Waals surface area contributed by atoms with Crippen LogP contribution in [0.4, 0.5) is 0 Å². The monoisotopic (exact) mass is 193 g/mol. The Kier molecular flexibility index (Phi) is 2.70. The molecule has 14 heavy (non-hydrogen) atoms. The van der Waals surface area contributed by atoms with Gasteiger partial charge < -0.3 is 15.6 Å². The molecule has 0 amide bonds. The van der Waals surface area contributed by atoms with Crippen LogP contribution in [0.25, 0.3) is 0 Å². The van der Waals surface area contributed by atoms with Gasteiger partial charge in [0.05, 0.1) is 0 Å². The molecule has 2 unspecified atom stereocenters. The lowest BCUT2D eigenvalue weighted by Crippen LogP contribution is -2.16. The summed E-state index contributed by atoms with van der Waals surface area (Å²) in [4.78, 5) is 0. The van der Waals surface area contributed by atoms with E-state index in [0.29, 0.717) is 18.2 Å². The van der Waals surface area contributed by atoms with Crippen LogP contribution in [-0.4, -0.2) is 24.4 Å². The van der Waals surface area contributed by atoms with E-state index in [4.69, 9.17) is 15.6 Å². The minimum absolute atomic E-state index is 0.0130. The molecule has 0 spiro atoms. The molecule has 0 saturated heterocycles. The quantitative estimate of drug-likeness (QED) is 0.694. The van der Waals surface area contributed by atoms with Crippen LogP contribution in [0.1, 0.15) is 6.42 Å². The molecule has 0 bridgehead atoms. The molecule has 2 atom stereocenters. The van der Waals surface area contributed by atoms with Gasteiger partial charge in [-0.05, 0) is 30.7 Å². The standard InChI is InChI=1S/C11H15NO2/c12-4-3-8-1-2-9-6-10(7-13)14-11(9)5-8/h1-2,5-6,9,11,13H,3-4,7,12H2. The smallest absolute Gasteiger partial charge is 0.127 e. The zero-order valence-corrected chi connectivity index (χ0v) is 8.02. The van der Waals surface area contributed by atoms with E-state index in [1.54, 1.807) is 0 Å². The fraction of sp³-hybridized carbons (Fsp3) is 0.455. The molecule has 1 heterocycles. The molecule has 3 heteroatoms. The van der Waals surface area contributed by atoms with E-state index in [1.165, 1.54) is 5.57 Å². The Morgan fingerprint density at radius 1 is 1.43 bits per heavy atom. The van der Waals surface area contributed by atoms with Crippen LogP contribution in [0.3, 0.4) is 0 Å². The Bertz CT molecular complexity index is 304. The predicted octanol–water partition coefficient (Wildman–Crippen LogP) is 0.723. The molecule has 0 fully saturated rings. The second-order valence-corrected chi connectivity index (χ2v) is 3.59. The third-order valence-electron chi connectivity index (χ3n) is 2.54. The summed E-state index contributed by atoms with van der Waals surface area (Å²) in [6.07, 6.45) is 9.22. The molecular formula is C11H15NO2. The molecule has 1 aliphatic carbocycles. The van der Waals surface area contributed by atoms with Crippen LogP contribution in [0, 0.1) is 5.92 Å². The van der Waals surface area contributed by atoms with Crippen LogP contribution >= 0.6 is 0 Å². The topological polar surface area (TPSA) is 55.5 Å². The first-order valence-electron chi connectivity index (χ1n) is 4.90. The van der Waals surface area contributed by atoms with Crippen molar-refractivity contribution in [3.8, 4) is 0 Å². The molecule has 0 radical (unpaired) electrons. The molecule has 1 aliphatic heterocycles. The highest BCUT2D eigenvalue weighted by Gasteiger charge is 2.27. The van der Waals surface area contributed by atoms with E-state index in [0.717, 1.165) is 6.42 Å². The maximum absolute atomic E-state index is 8.92. The number of fused-ring (bicyclic) bond motifs is 1. The van der Waals surface area contributed by atoms with Crippen molar-refractivity contribution >= 4 is 0 Å². The first-order valence-corrected chi connectivity index (χ1v) is 4.90. The Morgan fingerprint density at radius 2 is 2.29 bits per heavy atom. The van der Waals surface area contributed by atoms with Gasteiger partial charge in [0.1, 0.15) is 18.5 Å². The van der Waals surface area contributed by atoms with E-state index in [2.05, 4.69) is 18.2 Å². The minimum Gasteiger partial charge on any atom is -0.488 e. The second kappa shape index (κ2) is 3.98. The van der Waals surface area contributed by atoms with Crippen LogP contribution < -0.4 is 5.73 Å². The highest BCUT2D eigenvalue weighted by molar-refractivity contribution is 5.32. The first kappa shape index (κ1) is 9.49. The first-order chi connectivity index (χ1) is 6.83. The molecule has 76 valence electrons. The SMILES string of the molecule is NCCC1=CC2OC(CO)=CC2C=C1. The minimum atomic E-state index is -0.0130. The van der Waals surface area contributed by atoms with Crippen molar-refractivity contribution in [2.24, 2.45) is 11.7 Å². The van der Waals surface area contributed by atoms with Gasteiger partial charge in [-0.1, -0.05) is 12.2 Å². The van der Waals surface area contributed by atoms with Gasteiger partial charge in [-0.3, -0.25) is 0 Å². The van der Waals surface area contributed by atoms with Gasteiger partial charge in [0, 0.05) is 5.92 Å². The maximum atomic E-state index is 8.92. The van der Waals surface area contributed by atoms with Crippen LogP contribution in [0.2, 0.25) is 0 Å². The van der Waals surface area contributed by atoms with Crippen molar-refractivity contribution in [2.45, 2.75) is 12.5 Å². The number of hydrogen-bond acceptors (Lipinski definition) is 3. The fourth-order valence-electron chi connectivity index (χ4n) is 1.84. The number of aliphatic hydroxyl groups excluding tert-OH is 1. The van der Waals surface area contributed by atoms with E-state index in [9.17, 15) is 0 Å². The number of rotatable bonds is 3. The molecule has 3 nitrogen and oxygen atoms in total. The highest BCUT2D eigenvalue weighted by Crippen LogP contribution is 2.30. The maximum Gasteiger partial charge on any atom is 0.127 e. The highest BCUT2D eigenvalue weighted by atomic mass is 16.5. The summed E-state index contributed by atoms with van der Waals surface area (Å²) in [5, 5.41) is 8.92. The van der Waals surface area contributed by atoms with Gasteiger partial charge in [0.15, 0.2) is 0 Å². The number of nitrogens with two attached hydrogens (primary N) is 1. The molecular weight excluding hydrogens is 178 g/mol. The van der Waals surface area contributed by atoms with Gasteiger partial charge >= 0.3 is 0 Å². The average Bonchev–Trinajstić information content (AvgIpc) is 2.60. The predicted molar refractivity (Wildman–Crippen MR) is 54.4 cm³/mol. The summed E-state index contributed by atoms with van der Waals surface area (Å²) in [5.41, 5.74) is 6.70. The van der Waals surface area contributed by atoms with Gasteiger partial charge in [-0.2, -0.15) is 0 Å². The summed E-state index contributed by atoms with van der Waals surface area (Å²) in [6.45, 7) is 0.648. The summed E-state index contributed by atoms with van der Waals surface area (Å²) in [7, 11) is 0. The lowest BCUT2D eigenvalue weighted by Gasteiger charge is -2.18. The fourth-order valence-corrected chi connectivity index (χ4v) is 1.84. The van der Waals surface area contributed by atoms with Crippen LogP contribution in [-0.2, 0) is 4.74 Å². The third kappa shape index (κ3) is 1.74. The second-order valence-electron chi connectivity index (χ2n) is 3.59. The Balaban J connectivity index is 2.06. The van der Waals surface area contributed by atoms with E-state index >= 15 is 0 Å². The van der Waals surface area contributed by atoms with Crippen molar-refractivity contribution in [1.29, 1.82) is 0 Å². The largest absolute Gasteiger partial charge is 0.488 e. The van der Waals surface area contributed by atoms with Crippen molar-refractivity contribution in [1.82, 2.24) is 0 Å². The molecule has 0 aromatic carbocycles. The van der Waals surface area contributed by atoms with Gasteiger partial charge in [-0.15, -0.1) is 0 Å². The lowest BCUT2D eigenvalue weighted by molar-refractivity contribution is 0.130. The molecule has 3 N–H and O–H groups in total. The summed E-state index contributed by atoms with van der Waals surface area (Å²) in [5.74, 6) is 0.966. The van der Waals surface area contributed by atoms with Crippen molar-refractivity contribution < 1.29 is 9.84 Å². The van der Waals surface area contributed by atoms with Gasteiger partial charge in [-0.25, -0.2) is 0 Å². The van der Waals surface area contributed by atoms with Crippen molar-refractivity contribution in [3.05, 3.63) is 35.6 Å². The van der Waals surface area contributed by atoms with Crippen LogP contribution in [0.15, 0.2) is 35.6 Å². The number of aliphatic hydroxyl groups is 1. The Hall–Kier alpha value is -1.06. The average molecular weight is 193 g/mol. The summed E-state index contributed by atoms with van der Waals surface area (Å²) >= 11 is 0. The molecule has 0 aromatic rings. The normalized spacial score (nSPS) is 29.3. The lowest BCUT2D eigenvalue weighted by atomic mass is 9.93. The zero-order chi connectivity index (χ0) is 9.97. The van der Waals surface area contributed by atoms with Gasteiger partial charge in [0.25, 0.3) is 0 Å². The van der Waals surface area contributed by atoms with Gasteiger partial charge in [0.2, 0.25) is 0 Å². The Labute approximate surface area is 83.6 Å². The Morgan fingerprint density at radius 3 is 3.00 bits per heavy atom. The number of hydrogen-bond donors (Lipinski definition) is 2. The summed E-state index contributed by atoms with van der Waals surface area (Å²) in [6, 6.07) is 0. The van der Waals surface area contributed by atoms with E-state index < -0.39 is 0 Å². The van der Waals surface area contributed by atoms with Crippen LogP contribution in [0.5, 0.6) is 0 Å². The zero-order valence-electron chi connectivity index (χ0n) is 8.02. The van der Waals surface area contributed by atoms with E-state index in [-0.39, 0.29) is 12.7 Å². The van der Waals surface area contributed by atoms with Crippen molar-refractivity contribution in [2.75, 3.05) is 13.2 Å². The van der Waals surface area contributed by atoms with Crippen molar-refractivity contribution in [3.63, 3.8) is 0 Å². The molecule has 2 rings (SSSR count). The number of ether oxygens (including phenoxy) is 1. The molecule has 0 saturated carbocycles. The number of allylic oxidation sites excluding steroid dienone is 1. The third-order valence-corrected chi connectivity index (χ3v) is 2.54. The van der Waals surface area contributed by atoms with E-state index in [1.807, 2.05) is 6.08 Å².